The number of hydrogen-bond donors (Lipinski definition) is 1. The van der Waals surface area contributed by atoms with Crippen molar-refractivity contribution >= 4 is 57.8 Å². The number of amides is 2. The largest absolute Gasteiger partial charge is 0.496 e. The second-order valence-electron chi connectivity index (χ2n) is 6.67. The van der Waals surface area contributed by atoms with Gasteiger partial charge in [0.05, 0.1) is 24.2 Å². The number of thiocarbonyl (C=S) groups is 1. The highest BCUT2D eigenvalue weighted by molar-refractivity contribution is 8.26. The third-order valence-corrected chi connectivity index (χ3v) is 5.92. The highest BCUT2D eigenvalue weighted by Crippen LogP contribution is 2.34. The Morgan fingerprint density at radius 1 is 1.16 bits per heavy atom. The van der Waals surface area contributed by atoms with Gasteiger partial charge in [-0.05, 0) is 43.3 Å². The Morgan fingerprint density at radius 2 is 1.88 bits per heavy atom. The second kappa shape index (κ2) is 10.9. The zero-order valence-electron chi connectivity index (χ0n) is 17.6. The minimum Gasteiger partial charge on any atom is -0.496 e. The topological polar surface area (TPSA) is 84.9 Å². The molecule has 1 saturated heterocycles. The maximum absolute atomic E-state index is 12.8. The van der Waals surface area contributed by atoms with Gasteiger partial charge in [0.25, 0.3) is 5.91 Å². The van der Waals surface area contributed by atoms with Crippen LogP contribution in [0.25, 0.3) is 6.08 Å². The van der Waals surface area contributed by atoms with Crippen LogP contribution in [-0.2, 0) is 14.3 Å². The lowest BCUT2D eigenvalue weighted by Crippen LogP contribution is -2.31. The minimum absolute atomic E-state index is 0.0774. The number of anilines is 1. The van der Waals surface area contributed by atoms with Crippen molar-refractivity contribution in [3.05, 3.63) is 64.6 Å². The number of thioether (sulfide) groups is 1. The predicted octanol–water partition coefficient (Wildman–Crippen LogP) is 4.10. The number of rotatable bonds is 8. The Morgan fingerprint density at radius 3 is 2.56 bits per heavy atom. The summed E-state index contributed by atoms with van der Waals surface area (Å²) in [6, 6.07) is 13.8. The summed E-state index contributed by atoms with van der Waals surface area (Å²) in [7, 11) is 1.57. The minimum atomic E-state index is -0.416. The first-order valence-electron chi connectivity index (χ1n) is 9.88. The molecule has 1 fully saturated rings. The summed E-state index contributed by atoms with van der Waals surface area (Å²) in [6.07, 6.45) is 1.82. The van der Waals surface area contributed by atoms with Crippen molar-refractivity contribution < 1.29 is 23.9 Å². The van der Waals surface area contributed by atoms with Crippen molar-refractivity contribution in [2.24, 2.45) is 0 Å². The molecule has 2 aromatic carbocycles. The molecule has 1 aliphatic heterocycles. The highest BCUT2D eigenvalue weighted by atomic mass is 32.2. The number of nitrogens with one attached hydrogen (secondary N) is 1. The third kappa shape index (κ3) is 5.74. The molecule has 0 aliphatic carbocycles. The van der Waals surface area contributed by atoms with Gasteiger partial charge in [-0.25, -0.2) is 4.79 Å². The van der Waals surface area contributed by atoms with Crippen LogP contribution in [0.4, 0.5) is 5.69 Å². The molecule has 0 radical (unpaired) electrons. The van der Waals surface area contributed by atoms with Crippen LogP contribution in [0, 0.1) is 0 Å². The molecule has 0 bridgehead atoms. The molecule has 166 valence electrons. The summed E-state index contributed by atoms with van der Waals surface area (Å²) in [5.74, 6) is -0.263. The van der Waals surface area contributed by atoms with Crippen molar-refractivity contribution in [2.75, 3.05) is 25.6 Å². The van der Waals surface area contributed by atoms with Crippen molar-refractivity contribution in [3.63, 3.8) is 0 Å². The highest BCUT2D eigenvalue weighted by Gasteiger charge is 2.32. The molecule has 32 heavy (non-hydrogen) atoms. The zero-order valence-corrected chi connectivity index (χ0v) is 19.3. The number of carbonyl (C=O) groups excluding carboxylic acids is 3. The lowest BCUT2D eigenvalue weighted by atomic mass is 10.2. The fourth-order valence-electron chi connectivity index (χ4n) is 2.96. The van der Waals surface area contributed by atoms with Gasteiger partial charge >= 0.3 is 5.97 Å². The van der Waals surface area contributed by atoms with E-state index in [-0.39, 0.29) is 24.8 Å². The van der Waals surface area contributed by atoms with E-state index in [1.165, 1.54) is 16.7 Å². The van der Waals surface area contributed by atoms with Crippen LogP contribution in [0.1, 0.15) is 29.3 Å². The lowest BCUT2D eigenvalue weighted by molar-refractivity contribution is -0.122. The molecule has 0 saturated carbocycles. The number of methoxy groups -OCH3 is 1. The van der Waals surface area contributed by atoms with Crippen LogP contribution < -0.4 is 10.1 Å². The number of carbonyl (C=O) groups is 3. The SMILES string of the molecule is CCOC(=O)c1ccc(NC(=O)CCN2C(=O)C(=Cc3ccccc3OC)SC2=S)cc1. The van der Waals surface area contributed by atoms with Crippen LogP contribution in [-0.4, -0.2) is 47.3 Å². The lowest BCUT2D eigenvalue weighted by Gasteiger charge is -2.14. The van der Waals surface area contributed by atoms with E-state index in [0.29, 0.717) is 32.8 Å². The van der Waals surface area contributed by atoms with Crippen molar-refractivity contribution in [2.45, 2.75) is 13.3 Å². The summed E-state index contributed by atoms with van der Waals surface area (Å²) in [5, 5.41) is 2.75. The molecule has 0 spiro atoms. The molecular formula is C23H22N2O5S2. The average molecular weight is 471 g/mol. The number of para-hydroxylation sites is 1. The molecule has 0 unspecified atom stereocenters. The van der Waals surface area contributed by atoms with Gasteiger partial charge in [0.2, 0.25) is 5.91 Å². The van der Waals surface area contributed by atoms with Gasteiger partial charge < -0.3 is 14.8 Å². The van der Waals surface area contributed by atoms with E-state index in [9.17, 15) is 14.4 Å². The Kier molecular flexibility index (Phi) is 8.02. The summed E-state index contributed by atoms with van der Waals surface area (Å²) < 4.78 is 10.7. The first-order valence-corrected chi connectivity index (χ1v) is 11.1. The standard InChI is InChI=1S/C23H22N2O5S2/c1-3-30-22(28)15-8-10-17(11-9-15)24-20(26)12-13-25-21(27)19(32-23(25)31)14-16-6-4-5-7-18(16)29-2/h4-11,14H,3,12-13H2,1-2H3,(H,24,26). The molecule has 7 nitrogen and oxygen atoms in total. The maximum atomic E-state index is 12.8. The van der Waals surface area contributed by atoms with Gasteiger partial charge in [-0.1, -0.05) is 42.2 Å². The predicted molar refractivity (Wildman–Crippen MR) is 129 cm³/mol. The van der Waals surface area contributed by atoms with E-state index in [1.807, 2.05) is 24.3 Å². The van der Waals surface area contributed by atoms with Gasteiger partial charge in [0.15, 0.2) is 0 Å². The van der Waals surface area contributed by atoms with E-state index in [0.717, 1.165) is 5.56 Å². The molecule has 1 heterocycles. The Bertz CT molecular complexity index is 1070. The van der Waals surface area contributed by atoms with Crippen LogP contribution in [0.15, 0.2) is 53.4 Å². The molecular weight excluding hydrogens is 448 g/mol. The number of benzene rings is 2. The Balaban J connectivity index is 1.58. The summed E-state index contributed by atoms with van der Waals surface area (Å²) in [6.45, 7) is 2.20. The van der Waals surface area contributed by atoms with Crippen molar-refractivity contribution in [1.82, 2.24) is 4.90 Å². The van der Waals surface area contributed by atoms with Gasteiger partial charge in [-0.3, -0.25) is 14.5 Å². The number of ether oxygens (including phenoxy) is 2. The molecule has 0 aromatic heterocycles. The monoisotopic (exact) mass is 470 g/mol. The first kappa shape index (κ1) is 23.5. The van der Waals surface area contributed by atoms with Crippen LogP contribution in [0.2, 0.25) is 0 Å². The number of nitrogens with zero attached hydrogens (tertiary/aromatic N) is 1. The van der Waals surface area contributed by atoms with Crippen molar-refractivity contribution in [1.29, 1.82) is 0 Å². The van der Waals surface area contributed by atoms with E-state index in [4.69, 9.17) is 21.7 Å². The smallest absolute Gasteiger partial charge is 0.338 e. The molecule has 0 atom stereocenters. The fourth-order valence-corrected chi connectivity index (χ4v) is 4.26. The Labute approximate surface area is 195 Å². The fraction of sp³-hybridized carbons (Fsp3) is 0.217. The van der Waals surface area contributed by atoms with Crippen molar-refractivity contribution in [3.8, 4) is 5.75 Å². The quantitative estimate of drug-likeness (QED) is 0.353. The van der Waals surface area contributed by atoms with Crippen LogP contribution in [0.5, 0.6) is 5.75 Å². The Hall–Kier alpha value is -3.17. The molecule has 9 heteroatoms. The molecule has 1 aliphatic rings. The van der Waals surface area contributed by atoms with E-state index >= 15 is 0 Å². The summed E-state index contributed by atoms with van der Waals surface area (Å²) in [4.78, 5) is 38.7. The molecule has 3 rings (SSSR count). The maximum Gasteiger partial charge on any atom is 0.338 e. The normalized spacial score (nSPS) is 14.6. The summed E-state index contributed by atoms with van der Waals surface area (Å²) in [5.41, 5.74) is 1.73. The second-order valence-corrected chi connectivity index (χ2v) is 8.35. The molecule has 2 aromatic rings. The van der Waals surface area contributed by atoms with Gasteiger partial charge in [-0.2, -0.15) is 0 Å². The van der Waals surface area contributed by atoms with E-state index in [2.05, 4.69) is 5.32 Å². The van der Waals surface area contributed by atoms with Gasteiger partial charge in [-0.15, -0.1) is 0 Å². The summed E-state index contributed by atoms with van der Waals surface area (Å²) >= 11 is 6.53. The molecule has 2 amide bonds. The van der Waals surface area contributed by atoms with E-state index in [1.54, 1.807) is 44.4 Å². The first-order chi connectivity index (χ1) is 15.4. The third-order valence-electron chi connectivity index (χ3n) is 4.54. The zero-order chi connectivity index (χ0) is 23.1. The number of esters is 1. The number of hydrogen-bond acceptors (Lipinski definition) is 7. The van der Waals surface area contributed by atoms with Gasteiger partial charge in [0, 0.05) is 24.2 Å². The van der Waals surface area contributed by atoms with Crippen LogP contribution >= 0.6 is 24.0 Å². The van der Waals surface area contributed by atoms with Gasteiger partial charge in [0.1, 0.15) is 10.1 Å². The van der Waals surface area contributed by atoms with Crippen LogP contribution in [0.3, 0.4) is 0 Å². The molecule has 1 N–H and O–H groups in total. The average Bonchev–Trinajstić information content (AvgIpc) is 3.05. The van der Waals surface area contributed by atoms with E-state index < -0.39 is 5.97 Å².